The molecule has 0 bridgehead atoms. The summed E-state index contributed by atoms with van der Waals surface area (Å²) in [6.45, 7) is 3.05. The van der Waals surface area contributed by atoms with Crippen LogP contribution >= 0.6 is 0 Å². The number of amides is 1. The zero-order valence-electron chi connectivity index (χ0n) is 16.7. The van der Waals surface area contributed by atoms with Gasteiger partial charge in [0.15, 0.2) is 0 Å². The first-order valence-electron chi connectivity index (χ1n) is 10.3. The van der Waals surface area contributed by atoms with Crippen LogP contribution in [0.4, 0.5) is 0 Å². The topological polar surface area (TPSA) is 81.1 Å². The van der Waals surface area contributed by atoms with Crippen LogP contribution in [0.2, 0.25) is 0 Å². The number of benzene rings is 1. The number of likely N-dealkylation sites (tertiary alicyclic amines) is 1. The lowest BCUT2D eigenvalue weighted by Gasteiger charge is -2.39. The Labute approximate surface area is 173 Å². The Morgan fingerprint density at radius 2 is 1.70 bits per heavy atom. The maximum Gasteiger partial charge on any atom is 0.339 e. The van der Waals surface area contributed by atoms with Gasteiger partial charge in [0.2, 0.25) is 5.60 Å². The van der Waals surface area contributed by atoms with Gasteiger partial charge in [-0.15, -0.1) is 0 Å². The zero-order chi connectivity index (χ0) is 20.5. The molecule has 7 heteroatoms. The SMILES string of the molecule is Cc1cc2c(cn1)C1(CCN(C3=NC(=O)C4(Cc5ccccc5C4)O3)CC1)OC2=O. The number of aryl methyl sites for hydroxylation is 1. The molecule has 0 saturated carbocycles. The fraction of sp³-hybridized carbons (Fsp3) is 0.391. The maximum absolute atomic E-state index is 12.8. The molecule has 1 fully saturated rings. The molecular weight excluding hydrogens is 382 g/mol. The van der Waals surface area contributed by atoms with Crippen molar-refractivity contribution in [3.63, 3.8) is 0 Å². The number of ether oxygens (including phenoxy) is 2. The second kappa shape index (κ2) is 5.90. The van der Waals surface area contributed by atoms with Gasteiger partial charge in [-0.1, -0.05) is 24.3 Å². The first-order valence-corrected chi connectivity index (χ1v) is 10.3. The molecule has 1 amide bonds. The highest BCUT2D eigenvalue weighted by Crippen LogP contribution is 2.45. The number of amidine groups is 1. The highest BCUT2D eigenvalue weighted by molar-refractivity contribution is 6.02. The largest absolute Gasteiger partial charge is 0.450 e. The molecule has 0 radical (unpaired) electrons. The first kappa shape index (κ1) is 17.6. The second-order valence-electron chi connectivity index (χ2n) is 8.66. The second-order valence-corrected chi connectivity index (χ2v) is 8.66. The summed E-state index contributed by atoms with van der Waals surface area (Å²) >= 11 is 0. The summed E-state index contributed by atoms with van der Waals surface area (Å²) in [5, 5.41) is 0. The van der Waals surface area contributed by atoms with Gasteiger partial charge < -0.3 is 14.4 Å². The van der Waals surface area contributed by atoms with Crippen LogP contribution in [0.5, 0.6) is 0 Å². The van der Waals surface area contributed by atoms with E-state index in [4.69, 9.17) is 9.47 Å². The van der Waals surface area contributed by atoms with Crippen molar-refractivity contribution < 1.29 is 19.1 Å². The zero-order valence-corrected chi connectivity index (χ0v) is 16.7. The van der Waals surface area contributed by atoms with E-state index >= 15 is 0 Å². The number of piperidine rings is 1. The number of esters is 1. The molecule has 0 N–H and O–H groups in total. The van der Waals surface area contributed by atoms with E-state index in [0.29, 0.717) is 50.4 Å². The molecule has 0 atom stereocenters. The minimum Gasteiger partial charge on any atom is -0.450 e. The average Bonchev–Trinajstić information content (AvgIpc) is 3.35. The monoisotopic (exact) mass is 403 g/mol. The third-order valence-electron chi connectivity index (χ3n) is 6.83. The molecule has 152 valence electrons. The molecule has 6 rings (SSSR count). The lowest BCUT2D eigenvalue weighted by atomic mass is 9.84. The molecule has 30 heavy (non-hydrogen) atoms. The number of carbonyl (C=O) groups excluding carboxylic acids is 2. The van der Waals surface area contributed by atoms with Crippen molar-refractivity contribution in [2.75, 3.05) is 13.1 Å². The van der Waals surface area contributed by atoms with Crippen LogP contribution in [0.25, 0.3) is 0 Å². The van der Waals surface area contributed by atoms with Crippen molar-refractivity contribution in [1.29, 1.82) is 0 Å². The molecule has 2 spiro atoms. The van der Waals surface area contributed by atoms with Crippen molar-refractivity contribution >= 4 is 17.9 Å². The van der Waals surface area contributed by atoms with E-state index < -0.39 is 11.2 Å². The molecule has 3 aliphatic heterocycles. The van der Waals surface area contributed by atoms with Gasteiger partial charge in [0, 0.05) is 56.2 Å². The number of hydrogen-bond acceptors (Lipinski definition) is 6. The van der Waals surface area contributed by atoms with Gasteiger partial charge in [0.25, 0.3) is 11.9 Å². The predicted octanol–water partition coefficient (Wildman–Crippen LogP) is 2.30. The minimum atomic E-state index is -0.901. The number of aliphatic imine (C=N–C) groups is 1. The molecular formula is C23H21N3O4. The highest BCUT2D eigenvalue weighted by Gasteiger charge is 2.53. The summed E-state index contributed by atoms with van der Waals surface area (Å²) in [7, 11) is 0. The lowest BCUT2D eigenvalue weighted by molar-refractivity contribution is -0.130. The molecule has 0 unspecified atom stereocenters. The van der Waals surface area contributed by atoms with Crippen LogP contribution in [0.15, 0.2) is 41.5 Å². The Morgan fingerprint density at radius 3 is 2.40 bits per heavy atom. The van der Waals surface area contributed by atoms with Crippen LogP contribution in [-0.2, 0) is 32.7 Å². The van der Waals surface area contributed by atoms with Gasteiger partial charge in [0.05, 0.1) is 5.56 Å². The summed E-state index contributed by atoms with van der Waals surface area (Å²) in [5.41, 5.74) is 3.04. The molecule has 1 aliphatic carbocycles. The molecule has 1 aromatic heterocycles. The molecule has 4 heterocycles. The number of rotatable bonds is 0. The third-order valence-corrected chi connectivity index (χ3v) is 6.83. The average molecular weight is 403 g/mol. The Bertz CT molecular complexity index is 1110. The first-order chi connectivity index (χ1) is 14.5. The molecule has 1 saturated heterocycles. The number of nitrogens with zero attached hydrogens (tertiary/aromatic N) is 3. The van der Waals surface area contributed by atoms with Crippen molar-refractivity contribution in [2.24, 2.45) is 4.99 Å². The van der Waals surface area contributed by atoms with E-state index in [0.717, 1.165) is 22.4 Å². The Hall–Kier alpha value is -3.22. The van der Waals surface area contributed by atoms with Gasteiger partial charge in [-0.3, -0.25) is 9.78 Å². The number of pyridine rings is 1. The summed E-state index contributed by atoms with van der Waals surface area (Å²) in [6.07, 6.45) is 4.11. The van der Waals surface area contributed by atoms with Gasteiger partial charge >= 0.3 is 5.97 Å². The molecule has 7 nitrogen and oxygen atoms in total. The van der Waals surface area contributed by atoms with E-state index in [2.05, 4.69) is 9.98 Å². The van der Waals surface area contributed by atoms with Gasteiger partial charge in [0.1, 0.15) is 5.60 Å². The van der Waals surface area contributed by atoms with E-state index in [1.54, 1.807) is 12.3 Å². The Morgan fingerprint density at radius 1 is 1.00 bits per heavy atom. The van der Waals surface area contributed by atoms with Crippen LogP contribution in [0, 0.1) is 6.92 Å². The van der Waals surface area contributed by atoms with E-state index in [1.165, 1.54) is 0 Å². The van der Waals surface area contributed by atoms with Gasteiger partial charge in [-0.25, -0.2) is 4.79 Å². The van der Waals surface area contributed by atoms with Crippen LogP contribution in [-0.4, -0.2) is 46.5 Å². The van der Waals surface area contributed by atoms with Crippen molar-refractivity contribution in [2.45, 2.75) is 43.8 Å². The maximum atomic E-state index is 12.8. The summed E-state index contributed by atoms with van der Waals surface area (Å²) in [4.78, 5) is 35.8. The van der Waals surface area contributed by atoms with Crippen LogP contribution < -0.4 is 0 Å². The Kier molecular flexibility index (Phi) is 3.47. The normalized spacial score (nSPS) is 22.7. The molecule has 2 aromatic rings. The highest BCUT2D eigenvalue weighted by atomic mass is 16.6. The summed E-state index contributed by atoms with van der Waals surface area (Å²) in [6, 6.07) is 10.3. The number of carbonyl (C=O) groups is 2. The fourth-order valence-corrected chi connectivity index (χ4v) is 5.18. The standard InChI is InChI=1S/C23H21N3O4/c1-14-10-17-18(13-24-14)22(29-19(17)27)6-8-26(9-7-22)21-25-20(28)23(30-21)11-15-4-2-3-5-16(15)12-23/h2-5,10,13H,6-9,11-12H2,1H3. The fourth-order valence-electron chi connectivity index (χ4n) is 5.18. The van der Waals surface area contributed by atoms with Gasteiger partial charge in [-0.2, -0.15) is 4.99 Å². The van der Waals surface area contributed by atoms with E-state index in [-0.39, 0.29) is 11.9 Å². The third kappa shape index (κ3) is 2.38. The summed E-state index contributed by atoms with van der Waals surface area (Å²) in [5.74, 6) is -0.484. The van der Waals surface area contributed by atoms with Crippen molar-refractivity contribution in [3.8, 4) is 0 Å². The summed E-state index contributed by atoms with van der Waals surface area (Å²) < 4.78 is 12.0. The van der Waals surface area contributed by atoms with E-state index in [1.807, 2.05) is 36.1 Å². The number of hydrogen-bond donors (Lipinski definition) is 0. The van der Waals surface area contributed by atoms with E-state index in [9.17, 15) is 9.59 Å². The van der Waals surface area contributed by atoms with Crippen molar-refractivity contribution in [1.82, 2.24) is 9.88 Å². The van der Waals surface area contributed by atoms with Crippen LogP contribution in [0.3, 0.4) is 0 Å². The molecule has 4 aliphatic rings. The lowest BCUT2D eigenvalue weighted by Crippen LogP contribution is -2.47. The minimum absolute atomic E-state index is 0.202. The number of aromatic nitrogens is 1. The van der Waals surface area contributed by atoms with Gasteiger partial charge in [-0.05, 0) is 24.1 Å². The van der Waals surface area contributed by atoms with Crippen molar-refractivity contribution in [3.05, 3.63) is 64.5 Å². The number of fused-ring (bicyclic) bond motifs is 3. The smallest absolute Gasteiger partial charge is 0.339 e. The van der Waals surface area contributed by atoms with Crippen LogP contribution in [0.1, 0.15) is 45.6 Å². The quantitative estimate of drug-likeness (QED) is 0.628. The molecule has 1 aromatic carbocycles. The predicted molar refractivity (Wildman–Crippen MR) is 107 cm³/mol. The Balaban J connectivity index is 1.20.